The predicted octanol–water partition coefficient (Wildman–Crippen LogP) is 3.05. The Bertz CT molecular complexity index is 597. The van der Waals surface area contributed by atoms with E-state index >= 15 is 0 Å². The molecule has 0 fully saturated rings. The highest BCUT2D eigenvalue weighted by Crippen LogP contribution is 2.20. The fourth-order valence-corrected chi connectivity index (χ4v) is 1.96. The van der Waals surface area contributed by atoms with Crippen LogP contribution in [-0.4, -0.2) is 15.8 Å². The van der Waals surface area contributed by atoms with Gasteiger partial charge in [0.25, 0.3) is 0 Å². The molecule has 0 aliphatic rings. The summed E-state index contributed by atoms with van der Waals surface area (Å²) in [5.41, 5.74) is 0.794. The Labute approximate surface area is 120 Å². The third-order valence-corrected chi connectivity index (χ3v) is 3.00. The van der Waals surface area contributed by atoms with Crippen molar-refractivity contribution in [3.8, 4) is 0 Å². The third-order valence-electron chi connectivity index (χ3n) is 2.41. The number of carbonyl (C=O) groups excluding carboxylic acids is 1. The molecule has 2 N–H and O–H groups in total. The number of rotatable bonds is 3. The van der Waals surface area contributed by atoms with E-state index in [1.165, 1.54) is 0 Å². The number of aromatic nitrogens is 2. The predicted molar refractivity (Wildman–Crippen MR) is 75.5 cm³/mol. The molecule has 0 aliphatic heterocycles. The van der Waals surface area contributed by atoms with Crippen LogP contribution in [0.5, 0.6) is 0 Å². The smallest absolute Gasteiger partial charge is 0.320 e. The van der Waals surface area contributed by atoms with Crippen LogP contribution in [0.1, 0.15) is 5.56 Å². The van der Waals surface area contributed by atoms with E-state index in [1.807, 2.05) is 0 Å². The minimum absolute atomic E-state index is 0.314. The van der Waals surface area contributed by atoms with Crippen molar-refractivity contribution in [2.45, 2.75) is 6.54 Å². The summed E-state index contributed by atoms with van der Waals surface area (Å²) in [7, 11) is 1.77. The molecule has 0 bridgehead atoms. The molecule has 2 amide bonds. The standard InChI is InChI=1S/C12H12Cl2N4O/c1-18-5-4-11(17-18)16-12(19)15-7-8-2-3-9(13)6-10(8)14/h2-6H,7H2,1H3,(H2,15,16,17,19). The van der Waals surface area contributed by atoms with E-state index in [9.17, 15) is 4.79 Å². The quantitative estimate of drug-likeness (QED) is 0.915. The number of hydrogen-bond donors (Lipinski definition) is 2. The molecule has 1 heterocycles. The van der Waals surface area contributed by atoms with E-state index in [4.69, 9.17) is 23.2 Å². The molecule has 0 saturated heterocycles. The van der Waals surface area contributed by atoms with Crippen LogP contribution in [0.3, 0.4) is 0 Å². The SMILES string of the molecule is Cn1ccc(NC(=O)NCc2ccc(Cl)cc2Cl)n1. The summed E-state index contributed by atoms with van der Waals surface area (Å²) in [6.45, 7) is 0.314. The van der Waals surface area contributed by atoms with Crippen LogP contribution in [0.4, 0.5) is 10.6 Å². The number of anilines is 1. The number of carbonyl (C=O) groups is 1. The molecule has 0 spiro atoms. The molecular formula is C12H12Cl2N4O. The minimum atomic E-state index is -0.343. The zero-order valence-corrected chi connectivity index (χ0v) is 11.7. The van der Waals surface area contributed by atoms with E-state index in [0.717, 1.165) is 5.56 Å². The van der Waals surface area contributed by atoms with Crippen LogP contribution < -0.4 is 10.6 Å². The van der Waals surface area contributed by atoms with Crippen LogP contribution in [0.2, 0.25) is 10.0 Å². The number of benzene rings is 1. The van der Waals surface area contributed by atoms with Gasteiger partial charge in [-0.25, -0.2) is 4.79 Å². The van der Waals surface area contributed by atoms with Crippen molar-refractivity contribution in [2.75, 3.05) is 5.32 Å². The van der Waals surface area contributed by atoms with Crippen LogP contribution in [0.15, 0.2) is 30.5 Å². The van der Waals surface area contributed by atoms with Gasteiger partial charge in [-0.2, -0.15) is 5.10 Å². The molecule has 0 aliphatic carbocycles. The summed E-state index contributed by atoms with van der Waals surface area (Å²) in [5.74, 6) is 0.488. The lowest BCUT2D eigenvalue weighted by molar-refractivity contribution is 0.251. The Hall–Kier alpha value is -1.72. The zero-order valence-electron chi connectivity index (χ0n) is 10.2. The monoisotopic (exact) mass is 298 g/mol. The normalized spacial score (nSPS) is 10.3. The van der Waals surface area contributed by atoms with Crippen LogP contribution in [-0.2, 0) is 13.6 Å². The molecular weight excluding hydrogens is 287 g/mol. The Morgan fingerprint density at radius 3 is 2.79 bits per heavy atom. The lowest BCUT2D eigenvalue weighted by Gasteiger charge is -2.07. The minimum Gasteiger partial charge on any atom is -0.334 e. The highest BCUT2D eigenvalue weighted by atomic mass is 35.5. The van der Waals surface area contributed by atoms with E-state index in [2.05, 4.69) is 15.7 Å². The van der Waals surface area contributed by atoms with Crippen molar-refractivity contribution < 1.29 is 4.79 Å². The number of urea groups is 1. The summed E-state index contributed by atoms with van der Waals surface area (Å²) >= 11 is 11.8. The van der Waals surface area contributed by atoms with Gasteiger partial charge in [-0.05, 0) is 17.7 Å². The summed E-state index contributed by atoms with van der Waals surface area (Å²) < 4.78 is 1.60. The van der Waals surface area contributed by atoms with Crippen LogP contribution >= 0.6 is 23.2 Å². The molecule has 100 valence electrons. The average Bonchev–Trinajstić information content (AvgIpc) is 2.73. The van der Waals surface area contributed by atoms with Crippen molar-refractivity contribution in [2.24, 2.45) is 7.05 Å². The van der Waals surface area contributed by atoms with Crippen molar-refractivity contribution in [3.63, 3.8) is 0 Å². The maximum Gasteiger partial charge on any atom is 0.320 e. The molecule has 1 aromatic heterocycles. The number of halogens is 2. The van der Waals surface area contributed by atoms with Crippen molar-refractivity contribution in [1.29, 1.82) is 0 Å². The number of amides is 2. The Balaban J connectivity index is 1.89. The van der Waals surface area contributed by atoms with Gasteiger partial charge in [-0.15, -0.1) is 0 Å². The first kappa shape index (κ1) is 13.7. The number of nitrogens with zero attached hydrogens (tertiary/aromatic N) is 2. The highest BCUT2D eigenvalue weighted by molar-refractivity contribution is 6.35. The van der Waals surface area contributed by atoms with Crippen molar-refractivity contribution in [3.05, 3.63) is 46.1 Å². The number of nitrogens with one attached hydrogen (secondary N) is 2. The lowest BCUT2D eigenvalue weighted by Crippen LogP contribution is -2.28. The van der Waals surface area contributed by atoms with Crippen LogP contribution in [0.25, 0.3) is 0 Å². The van der Waals surface area contributed by atoms with E-state index < -0.39 is 0 Å². The van der Waals surface area contributed by atoms with Gasteiger partial charge in [0.2, 0.25) is 0 Å². The first-order valence-electron chi connectivity index (χ1n) is 5.53. The number of hydrogen-bond acceptors (Lipinski definition) is 2. The molecule has 7 heteroatoms. The van der Waals surface area contributed by atoms with E-state index in [-0.39, 0.29) is 6.03 Å². The molecule has 2 rings (SSSR count). The van der Waals surface area contributed by atoms with Gasteiger partial charge >= 0.3 is 6.03 Å². The second-order valence-electron chi connectivity index (χ2n) is 3.92. The lowest BCUT2D eigenvalue weighted by atomic mass is 10.2. The van der Waals surface area contributed by atoms with Gasteiger partial charge < -0.3 is 5.32 Å². The Kier molecular flexibility index (Phi) is 4.29. The fourth-order valence-electron chi connectivity index (χ4n) is 1.48. The molecule has 0 atom stereocenters. The van der Waals surface area contributed by atoms with Gasteiger partial charge in [-0.3, -0.25) is 10.00 Å². The Morgan fingerprint density at radius 2 is 2.16 bits per heavy atom. The van der Waals surface area contributed by atoms with Gasteiger partial charge in [0.05, 0.1) is 0 Å². The molecule has 5 nitrogen and oxygen atoms in total. The second kappa shape index (κ2) is 5.95. The second-order valence-corrected chi connectivity index (χ2v) is 4.76. The van der Waals surface area contributed by atoms with E-state index in [1.54, 1.807) is 42.2 Å². The first-order valence-corrected chi connectivity index (χ1v) is 6.28. The van der Waals surface area contributed by atoms with E-state index in [0.29, 0.717) is 22.4 Å². The zero-order chi connectivity index (χ0) is 13.8. The molecule has 0 saturated carbocycles. The summed E-state index contributed by atoms with van der Waals surface area (Å²) in [6, 6.07) is 6.49. The molecule has 0 unspecified atom stereocenters. The highest BCUT2D eigenvalue weighted by Gasteiger charge is 2.06. The molecule has 1 aromatic carbocycles. The average molecular weight is 299 g/mol. The Morgan fingerprint density at radius 1 is 1.37 bits per heavy atom. The van der Waals surface area contributed by atoms with Gasteiger partial charge in [-0.1, -0.05) is 29.3 Å². The number of aryl methyl sites for hydroxylation is 1. The van der Waals surface area contributed by atoms with Gasteiger partial charge in [0.1, 0.15) is 0 Å². The summed E-state index contributed by atoms with van der Waals surface area (Å²) in [4.78, 5) is 11.6. The maximum absolute atomic E-state index is 11.6. The van der Waals surface area contributed by atoms with Crippen LogP contribution in [0, 0.1) is 0 Å². The molecule has 2 aromatic rings. The third kappa shape index (κ3) is 3.87. The van der Waals surface area contributed by atoms with Gasteiger partial charge in [0.15, 0.2) is 5.82 Å². The summed E-state index contributed by atoms with van der Waals surface area (Å²) in [6.07, 6.45) is 1.74. The molecule has 19 heavy (non-hydrogen) atoms. The topological polar surface area (TPSA) is 59.0 Å². The first-order chi connectivity index (χ1) is 9.04. The maximum atomic E-state index is 11.6. The van der Waals surface area contributed by atoms with Crippen molar-refractivity contribution in [1.82, 2.24) is 15.1 Å². The molecule has 0 radical (unpaired) electrons. The van der Waals surface area contributed by atoms with Gasteiger partial charge in [0, 0.05) is 35.9 Å². The largest absolute Gasteiger partial charge is 0.334 e. The van der Waals surface area contributed by atoms with Crippen molar-refractivity contribution >= 4 is 35.1 Å². The fraction of sp³-hybridized carbons (Fsp3) is 0.167. The summed E-state index contributed by atoms with van der Waals surface area (Å²) in [5, 5.41) is 10.4.